The molecule has 0 spiro atoms. The van der Waals surface area contributed by atoms with Crippen molar-refractivity contribution in [3.8, 4) is 5.75 Å². The first kappa shape index (κ1) is 20.3. The van der Waals surface area contributed by atoms with Crippen molar-refractivity contribution in [2.24, 2.45) is 4.99 Å². The molecule has 0 aliphatic heterocycles. The number of carbonyl (C=O) groups is 1. The number of aromatic nitrogens is 2. The summed E-state index contributed by atoms with van der Waals surface area (Å²) in [6.07, 6.45) is 5.40. The SMILES string of the molecule is CCNC(=NCCCn1cccn1)NCCCNC(=O)c1cccc(O)c1. The third kappa shape index (κ3) is 7.81. The van der Waals surface area contributed by atoms with Crippen molar-refractivity contribution >= 4 is 11.9 Å². The molecule has 8 heteroatoms. The molecule has 0 unspecified atom stereocenters. The van der Waals surface area contributed by atoms with E-state index in [2.05, 4.69) is 26.0 Å². The number of amides is 1. The lowest BCUT2D eigenvalue weighted by Gasteiger charge is -2.11. The third-order valence-corrected chi connectivity index (χ3v) is 3.76. The van der Waals surface area contributed by atoms with E-state index in [0.717, 1.165) is 31.9 Å². The number of rotatable bonds is 10. The first-order valence-electron chi connectivity index (χ1n) is 9.26. The maximum Gasteiger partial charge on any atom is 0.251 e. The summed E-state index contributed by atoms with van der Waals surface area (Å²) < 4.78 is 1.89. The van der Waals surface area contributed by atoms with Crippen LogP contribution in [0.4, 0.5) is 0 Å². The number of nitrogens with zero attached hydrogens (tertiary/aromatic N) is 3. The van der Waals surface area contributed by atoms with Crippen LogP contribution in [0.3, 0.4) is 0 Å². The van der Waals surface area contributed by atoms with Gasteiger partial charge in [-0.25, -0.2) is 0 Å². The molecule has 0 aliphatic rings. The predicted molar refractivity (Wildman–Crippen MR) is 106 cm³/mol. The first-order valence-corrected chi connectivity index (χ1v) is 9.26. The molecule has 2 rings (SSSR count). The average Bonchev–Trinajstić information content (AvgIpc) is 3.18. The predicted octanol–water partition coefficient (Wildman–Crippen LogP) is 1.35. The molecular formula is C19H28N6O2. The van der Waals surface area contributed by atoms with Gasteiger partial charge >= 0.3 is 0 Å². The minimum atomic E-state index is -0.190. The second-order valence-electron chi connectivity index (χ2n) is 5.97. The van der Waals surface area contributed by atoms with Crippen molar-refractivity contribution in [2.75, 3.05) is 26.2 Å². The molecule has 0 saturated carbocycles. The fourth-order valence-electron chi connectivity index (χ4n) is 2.44. The van der Waals surface area contributed by atoms with E-state index in [9.17, 15) is 9.90 Å². The van der Waals surface area contributed by atoms with E-state index in [0.29, 0.717) is 25.2 Å². The summed E-state index contributed by atoms with van der Waals surface area (Å²) in [5, 5.41) is 22.9. The summed E-state index contributed by atoms with van der Waals surface area (Å²) in [4.78, 5) is 16.5. The van der Waals surface area contributed by atoms with E-state index in [1.54, 1.807) is 18.3 Å². The van der Waals surface area contributed by atoms with Gasteiger partial charge in [-0.3, -0.25) is 14.5 Å². The third-order valence-electron chi connectivity index (χ3n) is 3.76. The van der Waals surface area contributed by atoms with Gasteiger partial charge in [-0.2, -0.15) is 5.10 Å². The van der Waals surface area contributed by atoms with Crippen molar-refractivity contribution in [3.05, 3.63) is 48.3 Å². The lowest BCUT2D eigenvalue weighted by molar-refractivity contribution is 0.0953. The smallest absolute Gasteiger partial charge is 0.251 e. The number of phenols is 1. The van der Waals surface area contributed by atoms with Gasteiger partial charge in [0.25, 0.3) is 5.91 Å². The van der Waals surface area contributed by atoms with Gasteiger partial charge in [0.1, 0.15) is 5.75 Å². The number of aliphatic imine (C=N–C) groups is 1. The van der Waals surface area contributed by atoms with Gasteiger partial charge in [0.05, 0.1) is 0 Å². The molecule has 146 valence electrons. The van der Waals surface area contributed by atoms with Gasteiger partial charge in [0.15, 0.2) is 5.96 Å². The van der Waals surface area contributed by atoms with Crippen LogP contribution >= 0.6 is 0 Å². The van der Waals surface area contributed by atoms with Crippen LogP contribution in [0.15, 0.2) is 47.7 Å². The van der Waals surface area contributed by atoms with Crippen LogP contribution in [0.5, 0.6) is 5.75 Å². The lowest BCUT2D eigenvalue weighted by Crippen LogP contribution is -2.39. The monoisotopic (exact) mass is 372 g/mol. The highest BCUT2D eigenvalue weighted by Gasteiger charge is 2.05. The Morgan fingerprint density at radius 1 is 1.19 bits per heavy atom. The van der Waals surface area contributed by atoms with Crippen LogP contribution in [0, 0.1) is 0 Å². The molecule has 1 aromatic carbocycles. The molecule has 1 heterocycles. The normalized spacial score (nSPS) is 11.2. The topological polar surface area (TPSA) is 104 Å². The van der Waals surface area contributed by atoms with Gasteiger partial charge in [-0.05, 0) is 44.0 Å². The standard InChI is InChI=1S/C19H28N6O2/c1-2-20-19(23-11-5-13-25-14-6-12-24-25)22-10-4-9-21-18(27)16-7-3-8-17(26)15-16/h3,6-8,12,14-15,26H,2,4-5,9-11,13H2,1H3,(H,21,27)(H2,20,22,23). The number of aryl methyl sites for hydroxylation is 1. The molecule has 27 heavy (non-hydrogen) atoms. The summed E-state index contributed by atoms with van der Waals surface area (Å²) in [5.41, 5.74) is 0.454. The summed E-state index contributed by atoms with van der Waals surface area (Å²) >= 11 is 0. The average molecular weight is 372 g/mol. The van der Waals surface area contributed by atoms with Gasteiger partial charge in [-0.1, -0.05) is 6.07 Å². The van der Waals surface area contributed by atoms with E-state index >= 15 is 0 Å². The van der Waals surface area contributed by atoms with Gasteiger partial charge in [-0.15, -0.1) is 0 Å². The highest BCUT2D eigenvalue weighted by Crippen LogP contribution is 2.10. The fourth-order valence-corrected chi connectivity index (χ4v) is 2.44. The molecule has 1 amide bonds. The Morgan fingerprint density at radius 3 is 2.78 bits per heavy atom. The van der Waals surface area contributed by atoms with Crippen LogP contribution < -0.4 is 16.0 Å². The van der Waals surface area contributed by atoms with Gasteiger partial charge < -0.3 is 21.1 Å². The highest BCUT2D eigenvalue weighted by atomic mass is 16.3. The van der Waals surface area contributed by atoms with Crippen LogP contribution in [-0.4, -0.2) is 52.9 Å². The summed E-state index contributed by atoms with van der Waals surface area (Å²) in [5.74, 6) is 0.672. The number of hydrogen-bond donors (Lipinski definition) is 4. The molecule has 2 aromatic rings. The van der Waals surface area contributed by atoms with Crippen LogP contribution in [-0.2, 0) is 6.54 Å². The van der Waals surface area contributed by atoms with Gasteiger partial charge in [0, 0.05) is 50.7 Å². The molecule has 8 nitrogen and oxygen atoms in total. The number of hydrogen-bond acceptors (Lipinski definition) is 4. The van der Waals surface area contributed by atoms with E-state index in [-0.39, 0.29) is 11.7 Å². The Kier molecular flexibility index (Phi) is 8.68. The van der Waals surface area contributed by atoms with E-state index in [4.69, 9.17) is 0 Å². The number of nitrogens with one attached hydrogen (secondary N) is 3. The first-order chi connectivity index (χ1) is 13.2. The maximum absolute atomic E-state index is 12.0. The zero-order chi connectivity index (χ0) is 19.3. The Bertz CT molecular complexity index is 715. The Morgan fingerprint density at radius 2 is 2.04 bits per heavy atom. The summed E-state index contributed by atoms with van der Waals surface area (Å²) in [7, 11) is 0. The number of phenolic OH excluding ortho intramolecular Hbond substituents is 1. The Balaban J connectivity index is 1.63. The molecule has 0 saturated heterocycles. The Hall–Kier alpha value is -3.03. The maximum atomic E-state index is 12.0. The minimum absolute atomic E-state index is 0.0865. The van der Waals surface area contributed by atoms with E-state index in [1.807, 2.05) is 23.9 Å². The van der Waals surface area contributed by atoms with Crippen molar-refractivity contribution in [3.63, 3.8) is 0 Å². The highest BCUT2D eigenvalue weighted by molar-refractivity contribution is 5.94. The van der Waals surface area contributed by atoms with E-state index < -0.39 is 0 Å². The fraction of sp³-hybridized carbons (Fsp3) is 0.421. The molecular weight excluding hydrogens is 344 g/mol. The molecule has 0 bridgehead atoms. The molecule has 0 radical (unpaired) electrons. The number of aromatic hydroxyl groups is 1. The molecule has 0 fully saturated rings. The lowest BCUT2D eigenvalue weighted by atomic mass is 10.2. The molecule has 0 atom stereocenters. The summed E-state index contributed by atoms with van der Waals surface area (Å²) in [6, 6.07) is 8.22. The zero-order valence-electron chi connectivity index (χ0n) is 15.7. The molecule has 4 N–H and O–H groups in total. The van der Waals surface area contributed by atoms with Crippen LogP contribution in [0.2, 0.25) is 0 Å². The quantitative estimate of drug-likeness (QED) is 0.286. The number of carbonyl (C=O) groups excluding carboxylic acids is 1. The largest absolute Gasteiger partial charge is 0.508 e. The van der Waals surface area contributed by atoms with Crippen molar-refractivity contribution < 1.29 is 9.90 Å². The van der Waals surface area contributed by atoms with Gasteiger partial charge in [0.2, 0.25) is 0 Å². The molecule has 1 aromatic heterocycles. The minimum Gasteiger partial charge on any atom is -0.508 e. The second-order valence-corrected chi connectivity index (χ2v) is 5.97. The number of benzene rings is 1. The zero-order valence-corrected chi connectivity index (χ0v) is 15.7. The molecule has 0 aliphatic carbocycles. The van der Waals surface area contributed by atoms with Crippen molar-refractivity contribution in [2.45, 2.75) is 26.3 Å². The van der Waals surface area contributed by atoms with E-state index in [1.165, 1.54) is 12.1 Å². The summed E-state index contributed by atoms with van der Waals surface area (Å²) in [6.45, 7) is 5.61. The number of guanidine groups is 1. The van der Waals surface area contributed by atoms with Crippen molar-refractivity contribution in [1.29, 1.82) is 0 Å². The Labute approximate surface area is 159 Å². The van der Waals surface area contributed by atoms with Crippen LogP contribution in [0.1, 0.15) is 30.1 Å². The van der Waals surface area contributed by atoms with Crippen LogP contribution in [0.25, 0.3) is 0 Å². The van der Waals surface area contributed by atoms with Crippen molar-refractivity contribution in [1.82, 2.24) is 25.7 Å². The second kappa shape index (κ2) is 11.6.